The number of halogens is 1. The number of hydrogen-bond acceptors (Lipinski definition) is 8. The molecule has 0 aliphatic carbocycles. The quantitative estimate of drug-likeness (QED) is 0.217. The molecule has 0 bridgehead atoms. The predicted octanol–water partition coefficient (Wildman–Crippen LogP) is 7.30. The molecule has 238 valence electrons. The summed E-state index contributed by atoms with van der Waals surface area (Å²) in [6, 6.07) is 13.9. The van der Waals surface area contributed by atoms with E-state index in [-0.39, 0.29) is 36.2 Å². The highest BCUT2D eigenvalue weighted by Crippen LogP contribution is 2.27. The highest BCUT2D eigenvalue weighted by Gasteiger charge is 2.28. The molecule has 3 unspecified atom stereocenters. The summed E-state index contributed by atoms with van der Waals surface area (Å²) in [5, 5.41) is 3.06. The number of aromatic nitrogens is 2. The summed E-state index contributed by atoms with van der Waals surface area (Å²) >= 11 is 0. The number of ether oxygens (including phenoxy) is 3. The standard InChI is InChI=1S/C34H46FN5O4/c1-7-24(4)32(23(2)3)44-34(41)40(21-25-10-8-12-28(18-25)42-6)31-15-16-36-33(38-31)37-27-13-14-30(29(35)19-27)43-22-26-11-9-17-39(5)20-26/h8,10,12-16,18-19,23-24,26,32H,7,9,11,17,20-22H2,1-6H3,(H,36,37,38). The van der Waals surface area contributed by atoms with Gasteiger partial charge in [0.1, 0.15) is 17.7 Å². The fraction of sp³-hybridized carbons (Fsp3) is 0.500. The van der Waals surface area contributed by atoms with Gasteiger partial charge in [0, 0.05) is 30.4 Å². The predicted molar refractivity (Wildman–Crippen MR) is 171 cm³/mol. The number of hydrogen-bond donors (Lipinski definition) is 1. The van der Waals surface area contributed by atoms with Gasteiger partial charge in [-0.1, -0.05) is 46.2 Å². The minimum atomic E-state index is -0.506. The molecule has 1 aliphatic rings. The van der Waals surface area contributed by atoms with E-state index < -0.39 is 11.9 Å². The molecule has 0 spiro atoms. The second-order valence-corrected chi connectivity index (χ2v) is 12.0. The Balaban J connectivity index is 1.52. The molecule has 3 atom stereocenters. The number of anilines is 3. The van der Waals surface area contributed by atoms with Crippen LogP contribution in [0.1, 0.15) is 52.5 Å². The molecule has 1 N–H and O–H groups in total. The lowest BCUT2D eigenvalue weighted by Gasteiger charge is -2.30. The van der Waals surface area contributed by atoms with Gasteiger partial charge in [0.15, 0.2) is 11.6 Å². The third kappa shape index (κ3) is 9.05. The Bertz CT molecular complexity index is 1370. The largest absolute Gasteiger partial charge is 0.497 e. The van der Waals surface area contributed by atoms with Crippen LogP contribution in [0.25, 0.3) is 0 Å². The Kier molecular flexibility index (Phi) is 11.8. The van der Waals surface area contributed by atoms with E-state index >= 15 is 0 Å². The lowest BCUT2D eigenvalue weighted by atomic mass is 9.93. The molecule has 1 aromatic heterocycles. The molecule has 0 radical (unpaired) electrons. The summed E-state index contributed by atoms with van der Waals surface area (Å²) in [6.45, 7) is 11.0. The van der Waals surface area contributed by atoms with E-state index in [4.69, 9.17) is 14.2 Å². The van der Waals surface area contributed by atoms with Crippen molar-refractivity contribution in [3.63, 3.8) is 0 Å². The fourth-order valence-corrected chi connectivity index (χ4v) is 5.52. The van der Waals surface area contributed by atoms with Crippen LogP contribution in [-0.2, 0) is 11.3 Å². The maximum absolute atomic E-state index is 15.0. The number of likely N-dealkylation sites (tertiary alicyclic amines) is 1. The highest BCUT2D eigenvalue weighted by atomic mass is 19.1. The molecule has 10 heteroatoms. The zero-order valence-electron chi connectivity index (χ0n) is 26.8. The van der Waals surface area contributed by atoms with Crippen molar-refractivity contribution in [2.45, 2.75) is 59.6 Å². The van der Waals surface area contributed by atoms with E-state index in [2.05, 4.69) is 41.1 Å². The summed E-state index contributed by atoms with van der Waals surface area (Å²) in [5.74, 6) is 1.70. The molecule has 4 rings (SSSR count). The lowest BCUT2D eigenvalue weighted by Crippen LogP contribution is -2.38. The molecule has 1 fully saturated rings. The first kappa shape index (κ1) is 33.0. The smallest absolute Gasteiger partial charge is 0.416 e. The molecule has 0 saturated carbocycles. The number of amides is 1. The lowest BCUT2D eigenvalue weighted by molar-refractivity contribution is 0.0402. The summed E-state index contributed by atoms with van der Waals surface area (Å²) in [5.41, 5.74) is 1.31. The van der Waals surface area contributed by atoms with Gasteiger partial charge < -0.3 is 24.4 Å². The molecule has 9 nitrogen and oxygen atoms in total. The first-order valence-electron chi connectivity index (χ1n) is 15.5. The van der Waals surface area contributed by atoms with Crippen LogP contribution in [-0.4, -0.2) is 60.9 Å². The summed E-state index contributed by atoms with van der Waals surface area (Å²) in [7, 11) is 3.70. The van der Waals surface area contributed by atoms with Crippen molar-refractivity contribution in [2.24, 2.45) is 17.8 Å². The van der Waals surface area contributed by atoms with Crippen LogP contribution in [0.3, 0.4) is 0 Å². The van der Waals surface area contributed by atoms with Crippen molar-refractivity contribution in [1.29, 1.82) is 0 Å². The summed E-state index contributed by atoms with van der Waals surface area (Å²) < 4.78 is 32.3. The minimum Gasteiger partial charge on any atom is -0.497 e. The number of benzene rings is 2. The third-order valence-electron chi connectivity index (χ3n) is 8.10. The van der Waals surface area contributed by atoms with E-state index in [1.165, 1.54) is 11.0 Å². The van der Waals surface area contributed by atoms with Crippen LogP contribution < -0.4 is 19.7 Å². The zero-order chi connectivity index (χ0) is 31.6. The number of piperidine rings is 1. The van der Waals surface area contributed by atoms with Crippen molar-refractivity contribution in [3.8, 4) is 11.5 Å². The Morgan fingerprint density at radius 1 is 1.18 bits per heavy atom. The summed E-state index contributed by atoms with van der Waals surface area (Å²) in [6.07, 6.45) is 3.87. The van der Waals surface area contributed by atoms with Crippen LogP contribution in [0.15, 0.2) is 54.7 Å². The first-order valence-corrected chi connectivity index (χ1v) is 15.5. The average Bonchev–Trinajstić information content (AvgIpc) is 3.01. The van der Waals surface area contributed by atoms with Gasteiger partial charge in [-0.15, -0.1) is 0 Å². The minimum absolute atomic E-state index is 0.140. The van der Waals surface area contributed by atoms with E-state index in [1.807, 2.05) is 38.1 Å². The van der Waals surface area contributed by atoms with Gasteiger partial charge in [-0.25, -0.2) is 14.2 Å². The van der Waals surface area contributed by atoms with Crippen molar-refractivity contribution >= 4 is 23.5 Å². The van der Waals surface area contributed by atoms with Gasteiger partial charge in [-0.3, -0.25) is 4.90 Å². The summed E-state index contributed by atoms with van der Waals surface area (Å²) in [4.78, 5) is 26.4. The average molecular weight is 608 g/mol. The van der Waals surface area contributed by atoms with Crippen LogP contribution >= 0.6 is 0 Å². The van der Waals surface area contributed by atoms with Crippen molar-refractivity contribution in [3.05, 3.63) is 66.1 Å². The first-order chi connectivity index (χ1) is 21.2. The SMILES string of the molecule is CCC(C)C(OC(=O)N(Cc1cccc(OC)c1)c1ccnc(Nc2ccc(OCC3CCCN(C)C3)c(F)c2)n1)C(C)C. The normalized spacial score (nSPS) is 16.7. The van der Waals surface area contributed by atoms with Gasteiger partial charge in [0.25, 0.3) is 0 Å². The molecule has 2 aromatic carbocycles. The molecule has 3 aromatic rings. The van der Waals surface area contributed by atoms with Gasteiger partial charge >= 0.3 is 6.09 Å². The molecular formula is C34H46FN5O4. The highest BCUT2D eigenvalue weighted by molar-refractivity contribution is 5.86. The number of nitrogens with one attached hydrogen (secondary N) is 1. The maximum atomic E-state index is 15.0. The monoisotopic (exact) mass is 607 g/mol. The Morgan fingerprint density at radius 2 is 2.00 bits per heavy atom. The number of nitrogens with zero attached hydrogens (tertiary/aromatic N) is 4. The number of carbonyl (C=O) groups excluding carboxylic acids is 1. The van der Waals surface area contributed by atoms with Crippen molar-refractivity contribution in [1.82, 2.24) is 14.9 Å². The molecule has 1 saturated heterocycles. The van der Waals surface area contributed by atoms with Gasteiger partial charge in [-0.05, 0) is 74.2 Å². The second-order valence-electron chi connectivity index (χ2n) is 12.0. The van der Waals surface area contributed by atoms with E-state index in [1.54, 1.807) is 31.5 Å². The van der Waals surface area contributed by atoms with Gasteiger partial charge in [-0.2, -0.15) is 4.98 Å². The zero-order valence-corrected chi connectivity index (χ0v) is 26.8. The molecule has 1 aliphatic heterocycles. The van der Waals surface area contributed by atoms with Crippen LogP contribution in [0.4, 0.5) is 26.6 Å². The molecule has 2 heterocycles. The van der Waals surface area contributed by atoms with E-state index in [9.17, 15) is 9.18 Å². The van der Waals surface area contributed by atoms with Crippen LogP contribution in [0.5, 0.6) is 11.5 Å². The topological polar surface area (TPSA) is 89.0 Å². The number of carbonyl (C=O) groups is 1. The van der Waals surface area contributed by atoms with Gasteiger partial charge in [0.05, 0.1) is 20.3 Å². The van der Waals surface area contributed by atoms with Crippen molar-refractivity contribution < 1.29 is 23.4 Å². The molecule has 1 amide bonds. The van der Waals surface area contributed by atoms with Crippen LogP contribution in [0.2, 0.25) is 0 Å². The maximum Gasteiger partial charge on any atom is 0.416 e. The van der Waals surface area contributed by atoms with E-state index in [0.717, 1.165) is 37.9 Å². The van der Waals surface area contributed by atoms with Gasteiger partial charge in [0.2, 0.25) is 5.95 Å². The molecular weight excluding hydrogens is 561 g/mol. The Morgan fingerprint density at radius 3 is 2.70 bits per heavy atom. The fourth-order valence-electron chi connectivity index (χ4n) is 5.52. The number of rotatable bonds is 13. The third-order valence-corrected chi connectivity index (χ3v) is 8.10. The Labute approximate surface area is 260 Å². The van der Waals surface area contributed by atoms with Crippen LogP contribution in [0, 0.1) is 23.6 Å². The second kappa shape index (κ2) is 15.7. The molecule has 44 heavy (non-hydrogen) atoms. The van der Waals surface area contributed by atoms with E-state index in [0.29, 0.717) is 29.8 Å². The Hall–Kier alpha value is -3.92. The number of methoxy groups -OCH3 is 1. The van der Waals surface area contributed by atoms with Crippen molar-refractivity contribution in [2.75, 3.05) is 44.1 Å².